The maximum Gasteiger partial charge on any atom is 0.225 e. The van der Waals surface area contributed by atoms with E-state index in [2.05, 4.69) is 5.32 Å². The van der Waals surface area contributed by atoms with Gasteiger partial charge in [-0.25, -0.2) is 0 Å². The van der Waals surface area contributed by atoms with Crippen LogP contribution in [0, 0.1) is 5.92 Å². The molecule has 0 bridgehead atoms. The van der Waals surface area contributed by atoms with Crippen LogP contribution >= 0.6 is 0 Å². The summed E-state index contributed by atoms with van der Waals surface area (Å²) in [5.41, 5.74) is -0.211. The van der Waals surface area contributed by atoms with Crippen LogP contribution in [0.1, 0.15) is 27.2 Å². The minimum atomic E-state index is -0.216. The van der Waals surface area contributed by atoms with Crippen LogP contribution in [0.3, 0.4) is 0 Å². The highest BCUT2D eigenvalue weighted by Crippen LogP contribution is 2.25. The second-order valence-corrected chi connectivity index (χ2v) is 6.29. The predicted octanol–water partition coefficient (Wildman–Crippen LogP) is 1.25. The number of carbonyl (C=O) groups excluding carboxylic acids is 2. The summed E-state index contributed by atoms with van der Waals surface area (Å²) in [6, 6.07) is 3.91. The number of likely N-dealkylation sites (tertiary alicyclic amines) is 1. The first-order valence-corrected chi connectivity index (χ1v) is 7.07. The first-order chi connectivity index (χ1) is 9.38. The van der Waals surface area contributed by atoms with Crippen LogP contribution in [0.2, 0.25) is 0 Å². The normalized spacial score (nSPS) is 19.4. The van der Waals surface area contributed by atoms with E-state index in [0.29, 0.717) is 19.5 Å². The summed E-state index contributed by atoms with van der Waals surface area (Å²) in [7, 11) is 0. The Morgan fingerprint density at radius 3 is 2.55 bits per heavy atom. The molecule has 1 aromatic rings. The van der Waals surface area contributed by atoms with Gasteiger partial charge in [0.1, 0.15) is 0 Å². The summed E-state index contributed by atoms with van der Waals surface area (Å²) in [5.74, 6) is -0.160. The Morgan fingerprint density at radius 2 is 2.00 bits per heavy atom. The van der Waals surface area contributed by atoms with Crippen molar-refractivity contribution in [1.82, 2.24) is 14.8 Å². The van der Waals surface area contributed by atoms with Crippen LogP contribution in [-0.4, -0.2) is 39.9 Å². The quantitative estimate of drug-likeness (QED) is 0.900. The smallest absolute Gasteiger partial charge is 0.225 e. The topological polar surface area (TPSA) is 54.3 Å². The zero-order chi connectivity index (χ0) is 14.8. The Morgan fingerprint density at radius 1 is 1.35 bits per heavy atom. The minimum absolute atomic E-state index is 0.0164. The maximum absolute atomic E-state index is 12.1. The Hall–Kier alpha value is -1.78. The van der Waals surface area contributed by atoms with Gasteiger partial charge in [0, 0.05) is 44.0 Å². The summed E-state index contributed by atoms with van der Waals surface area (Å²) in [4.78, 5) is 25.8. The first-order valence-electron chi connectivity index (χ1n) is 7.07. The highest BCUT2D eigenvalue weighted by Gasteiger charge is 2.39. The molecule has 0 aliphatic carbocycles. The Balaban J connectivity index is 1.80. The second-order valence-electron chi connectivity index (χ2n) is 6.29. The van der Waals surface area contributed by atoms with Gasteiger partial charge in [-0.2, -0.15) is 0 Å². The lowest BCUT2D eigenvalue weighted by molar-refractivity contribution is -0.132. The van der Waals surface area contributed by atoms with Crippen molar-refractivity contribution in [3.8, 4) is 0 Å². The molecule has 1 fully saturated rings. The zero-order valence-electron chi connectivity index (χ0n) is 12.4. The molecular weight excluding hydrogens is 254 g/mol. The summed E-state index contributed by atoms with van der Waals surface area (Å²) in [5, 5.41) is 2.92. The third kappa shape index (κ3) is 3.40. The fraction of sp³-hybridized carbons (Fsp3) is 0.600. The molecule has 5 heteroatoms. The molecule has 0 saturated carbocycles. The number of nitrogens with zero attached hydrogens (tertiary/aromatic N) is 2. The van der Waals surface area contributed by atoms with E-state index in [1.807, 2.05) is 49.9 Å². The molecular formula is C15H23N3O2. The molecule has 0 unspecified atom stereocenters. The lowest BCUT2D eigenvalue weighted by atomic mass is 10.1. The number of hydrogen-bond acceptors (Lipinski definition) is 2. The van der Waals surface area contributed by atoms with E-state index < -0.39 is 0 Å². The largest absolute Gasteiger partial charge is 0.354 e. The third-order valence-electron chi connectivity index (χ3n) is 3.64. The van der Waals surface area contributed by atoms with Crippen molar-refractivity contribution in [3.05, 3.63) is 24.5 Å². The monoisotopic (exact) mass is 277 g/mol. The van der Waals surface area contributed by atoms with Crippen LogP contribution in [-0.2, 0) is 16.1 Å². The van der Waals surface area contributed by atoms with E-state index in [4.69, 9.17) is 0 Å². The summed E-state index contributed by atoms with van der Waals surface area (Å²) >= 11 is 0. The second kappa shape index (κ2) is 5.69. The lowest BCUT2D eigenvalue weighted by Crippen LogP contribution is -2.43. The van der Waals surface area contributed by atoms with E-state index in [1.54, 1.807) is 4.90 Å². The molecule has 0 radical (unpaired) electrons. The highest BCUT2D eigenvalue weighted by atomic mass is 16.2. The Labute approximate surface area is 119 Å². The van der Waals surface area contributed by atoms with Crippen LogP contribution in [0.15, 0.2) is 24.5 Å². The molecule has 2 rings (SSSR count). The van der Waals surface area contributed by atoms with Crippen LogP contribution in [0.4, 0.5) is 0 Å². The number of carbonyl (C=O) groups is 2. The van der Waals surface area contributed by atoms with Gasteiger partial charge in [0.05, 0.1) is 5.92 Å². The Kier molecular flexibility index (Phi) is 4.16. The van der Waals surface area contributed by atoms with Crippen LogP contribution in [0.5, 0.6) is 0 Å². The van der Waals surface area contributed by atoms with Crippen LogP contribution < -0.4 is 5.32 Å². The summed E-state index contributed by atoms with van der Waals surface area (Å²) < 4.78 is 2.02. The van der Waals surface area contributed by atoms with Gasteiger partial charge in [-0.3, -0.25) is 9.59 Å². The molecule has 110 valence electrons. The molecule has 2 amide bonds. The van der Waals surface area contributed by atoms with Crippen molar-refractivity contribution in [2.45, 2.75) is 39.3 Å². The number of nitrogens with one attached hydrogen (secondary N) is 1. The van der Waals surface area contributed by atoms with Gasteiger partial charge in [0.2, 0.25) is 11.8 Å². The highest BCUT2D eigenvalue weighted by molar-refractivity contribution is 5.89. The molecule has 20 heavy (non-hydrogen) atoms. The van der Waals surface area contributed by atoms with E-state index >= 15 is 0 Å². The number of hydrogen-bond donors (Lipinski definition) is 1. The zero-order valence-corrected chi connectivity index (χ0v) is 12.4. The molecule has 0 spiro atoms. The van der Waals surface area contributed by atoms with E-state index in [-0.39, 0.29) is 23.3 Å². The number of aromatic nitrogens is 1. The fourth-order valence-corrected chi connectivity index (χ4v) is 2.50. The average Bonchev–Trinajstić information content (AvgIpc) is 2.97. The predicted molar refractivity (Wildman–Crippen MR) is 77.0 cm³/mol. The van der Waals surface area contributed by atoms with E-state index in [0.717, 1.165) is 6.54 Å². The number of amides is 2. The van der Waals surface area contributed by atoms with Gasteiger partial charge < -0.3 is 14.8 Å². The van der Waals surface area contributed by atoms with Crippen molar-refractivity contribution in [2.24, 2.45) is 5.92 Å². The fourth-order valence-electron chi connectivity index (χ4n) is 2.50. The van der Waals surface area contributed by atoms with Crippen LogP contribution in [0.25, 0.3) is 0 Å². The SMILES string of the molecule is CC(C)(C)N1C[C@H](C(=O)NCCn2cccc2)CC1=O. The maximum atomic E-state index is 12.1. The minimum Gasteiger partial charge on any atom is -0.354 e. The molecule has 1 N–H and O–H groups in total. The van der Waals surface area contributed by atoms with Gasteiger partial charge in [0.15, 0.2) is 0 Å². The molecule has 1 saturated heterocycles. The summed E-state index contributed by atoms with van der Waals surface area (Å²) in [6.45, 7) is 7.86. The average molecular weight is 277 g/mol. The molecule has 2 heterocycles. The van der Waals surface area contributed by atoms with Crippen molar-refractivity contribution in [3.63, 3.8) is 0 Å². The van der Waals surface area contributed by atoms with Crippen molar-refractivity contribution >= 4 is 11.8 Å². The molecule has 1 aliphatic heterocycles. The Bertz CT molecular complexity index is 474. The van der Waals surface area contributed by atoms with Crippen molar-refractivity contribution < 1.29 is 9.59 Å². The molecule has 5 nitrogen and oxygen atoms in total. The van der Waals surface area contributed by atoms with Gasteiger partial charge in [-0.1, -0.05) is 0 Å². The molecule has 1 aromatic heterocycles. The molecule has 0 aromatic carbocycles. The van der Waals surface area contributed by atoms with Gasteiger partial charge in [-0.05, 0) is 32.9 Å². The first kappa shape index (κ1) is 14.6. The molecule has 1 aliphatic rings. The van der Waals surface area contributed by atoms with E-state index in [1.165, 1.54) is 0 Å². The van der Waals surface area contributed by atoms with Crippen molar-refractivity contribution in [2.75, 3.05) is 13.1 Å². The van der Waals surface area contributed by atoms with Gasteiger partial charge in [0.25, 0.3) is 0 Å². The summed E-state index contributed by atoms with van der Waals surface area (Å²) in [6.07, 6.45) is 4.26. The lowest BCUT2D eigenvalue weighted by Gasteiger charge is -2.31. The third-order valence-corrected chi connectivity index (χ3v) is 3.64. The molecule has 1 atom stereocenters. The standard InChI is InChI=1S/C15H23N3O2/c1-15(2,3)18-11-12(10-13(18)19)14(20)16-6-9-17-7-4-5-8-17/h4-5,7-8,12H,6,9-11H2,1-3H3,(H,16,20)/t12-/m1/s1. The van der Waals surface area contributed by atoms with Crippen molar-refractivity contribution in [1.29, 1.82) is 0 Å². The van der Waals surface area contributed by atoms with E-state index in [9.17, 15) is 9.59 Å². The number of rotatable bonds is 4. The van der Waals surface area contributed by atoms with Gasteiger partial charge >= 0.3 is 0 Å². The van der Waals surface area contributed by atoms with Gasteiger partial charge in [-0.15, -0.1) is 0 Å².